The predicted molar refractivity (Wildman–Crippen MR) is 71.5 cm³/mol. The second-order valence-electron chi connectivity index (χ2n) is 4.53. The van der Waals surface area contributed by atoms with E-state index in [0.29, 0.717) is 5.92 Å². The van der Waals surface area contributed by atoms with Crippen LogP contribution in [0.1, 0.15) is 12.2 Å². The summed E-state index contributed by atoms with van der Waals surface area (Å²) in [5.41, 5.74) is 0.932. The maximum atomic E-state index is 4.43. The molecule has 1 aliphatic rings. The topological polar surface area (TPSA) is 55.6 Å². The summed E-state index contributed by atoms with van der Waals surface area (Å²) < 4.78 is 1.05. The van der Waals surface area contributed by atoms with Gasteiger partial charge < -0.3 is 5.32 Å². The van der Waals surface area contributed by atoms with Crippen molar-refractivity contribution in [3.8, 4) is 5.69 Å². The van der Waals surface area contributed by atoms with Crippen molar-refractivity contribution in [2.75, 3.05) is 13.1 Å². The number of halogens is 1. The van der Waals surface area contributed by atoms with Crippen LogP contribution >= 0.6 is 15.9 Å². The average molecular weight is 308 g/mol. The summed E-state index contributed by atoms with van der Waals surface area (Å²) in [6.45, 7) is 2.17. The molecule has 2 aromatic rings. The number of rotatable bonds is 3. The van der Waals surface area contributed by atoms with Crippen molar-refractivity contribution in [1.82, 2.24) is 25.5 Å². The van der Waals surface area contributed by atoms with E-state index < -0.39 is 0 Å². The second kappa shape index (κ2) is 5.16. The van der Waals surface area contributed by atoms with Gasteiger partial charge in [0.05, 0.1) is 5.69 Å². The van der Waals surface area contributed by atoms with Crippen LogP contribution in [0.5, 0.6) is 0 Å². The first-order valence-electron chi connectivity index (χ1n) is 6.07. The van der Waals surface area contributed by atoms with Gasteiger partial charge in [0, 0.05) is 10.9 Å². The van der Waals surface area contributed by atoms with Crippen molar-refractivity contribution in [2.45, 2.75) is 12.8 Å². The number of hydrogen-bond acceptors (Lipinski definition) is 4. The zero-order chi connectivity index (χ0) is 12.4. The van der Waals surface area contributed by atoms with E-state index in [4.69, 9.17) is 0 Å². The Labute approximate surface area is 114 Å². The van der Waals surface area contributed by atoms with Gasteiger partial charge in [0.25, 0.3) is 0 Å². The van der Waals surface area contributed by atoms with Crippen LogP contribution in [0.2, 0.25) is 0 Å². The second-order valence-corrected chi connectivity index (χ2v) is 5.45. The van der Waals surface area contributed by atoms with Gasteiger partial charge in [-0.2, -0.15) is 0 Å². The predicted octanol–water partition coefficient (Wildman–Crippen LogP) is 1.58. The molecule has 1 fully saturated rings. The van der Waals surface area contributed by atoms with E-state index in [9.17, 15) is 0 Å². The fourth-order valence-corrected chi connectivity index (χ4v) is 2.42. The summed E-state index contributed by atoms with van der Waals surface area (Å²) in [4.78, 5) is 1.59. The van der Waals surface area contributed by atoms with Crippen LogP contribution in [0, 0.1) is 5.92 Å². The van der Waals surface area contributed by atoms with Crippen LogP contribution in [0.15, 0.2) is 28.7 Å². The molecule has 18 heavy (non-hydrogen) atoms. The van der Waals surface area contributed by atoms with Crippen LogP contribution in [0.4, 0.5) is 0 Å². The summed E-state index contributed by atoms with van der Waals surface area (Å²) >= 11 is 3.41. The third kappa shape index (κ3) is 2.59. The molecule has 1 N–H and O–H groups in total. The van der Waals surface area contributed by atoms with Gasteiger partial charge in [-0.25, -0.2) is 0 Å². The van der Waals surface area contributed by atoms with Crippen molar-refractivity contribution in [3.63, 3.8) is 0 Å². The molecule has 0 saturated carbocycles. The third-order valence-corrected chi connectivity index (χ3v) is 3.67. The van der Waals surface area contributed by atoms with Crippen molar-refractivity contribution >= 4 is 15.9 Å². The van der Waals surface area contributed by atoms with Crippen LogP contribution in [-0.4, -0.2) is 33.3 Å². The normalized spacial score (nSPS) is 19.3. The number of nitrogens with zero attached hydrogens (tertiary/aromatic N) is 4. The number of nitrogens with one attached hydrogen (secondary N) is 1. The first-order valence-corrected chi connectivity index (χ1v) is 6.86. The molecule has 1 aromatic heterocycles. The van der Waals surface area contributed by atoms with Gasteiger partial charge in [-0.05, 0) is 54.9 Å². The molecule has 1 saturated heterocycles. The Hall–Kier alpha value is -1.27. The Balaban J connectivity index is 1.74. The summed E-state index contributed by atoms with van der Waals surface area (Å²) in [5, 5.41) is 16.0. The first kappa shape index (κ1) is 11.8. The highest BCUT2D eigenvalue weighted by Crippen LogP contribution is 2.14. The average Bonchev–Trinajstić information content (AvgIpc) is 3.02. The summed E-state index contributed by atoms with van der Waals surface area (Å²) in [5.74, 6) is 1.47. The number of aromatic nitrogens is 4. The summed E-state index contributed by atoms with van der Waals surface area (Å²) in [6.07, 6.45) is 2.11. The van der Waals surface area contributed by atoms with Crippen LogP contribution in [0.3, 0.4) is 0 Å². The monoisotopic (exact) mass is 307 g/mol. The largest absolute Gasteiger partial charge is 0.316 e. The van der Waals surface area contributed by atoms with E-state index in [2.05, 4.69) is 36.7 Å². The minimum absolute atomic E-state index is 0.646. The van der Waals surface area contributed by atoms with Crippen molar-refractivity contribution in [3.05, 3.63) is 34.6 Å². The molecule has 1 aliphatic heterocycles. The molecule has 0 aliphatic carbocycles. The highest BCUT2D eigenvalue weighted by Gasteiger charge is 2.17. The first-order chi connectivity index (χ1) is 8.81. The zero-order valence-electron chi connectivity index (χ0n) is 9.88. The molecule has 1 aromatic carbocycles. The lowest BCUT2D eigenvalue weighted by molar-refractivity contribution is 0.560. The fourth-order valence-electron chi connectivity index (χ4n) is 2.16. The summed E-state index contributed by atoms with van der Waals surface area (Å²) in [6, 6.07) is 7.87. The van der Waals surface area contributed by atoms with Crippen molar-refractivity contribution in [2.24, 2.45) is 5.92 Å². The maximum absolute atomic E-state index is 4.43. The summed E-state index contributed by atoms with van der Waals surface area (Å²) in [7, 11) is 0. The lowest BCUT2D eigenvalue weighted by Crippen LogP contribution is -2.11. The van der Waals surface area contributed by atoms with E-state index in [1.165, 1.54) is 6.42 Å². The van der Waals surface area contributed by atoms with Gasteiger partial charge in [0.1, 0.15) is 0 Å². The quantitative estimate of drug-likeness (QED) is 0.935. The molecular weight excluding hydrogens is 294 g/mol. The standard InChI is InChI=1S/C12H14BrN5/c13-10-1-3-11(4-2-10)18-16-12(15-17-18)7-9-5-6-14-8-9/h1-4,9,14H,5-8H2. The van der Waals surface area contributed by atoms with E-state index in [1.54, 1.807) is 4.80 Å². The highest BCUT2D eigenvalue weighted by atomic mass is 79.9. The van der Waals surface area contributed by atoms with Gasteiger partial charge in [-0.3, -0.25) is 0 Å². The SMILES string of the molecule is Brc1ccc(-n2nnc(CC3CCNC3)n2)cc1. The van der Waals surface area contributed by atoms with Crippen molar-refractivity contribution in [1.29, 1.82) is 0 Å². The van der Waals surface area contributed by atoms with E-state index >= 15 is 0 Å². The van der Waals surface area contributed by atoms with Gasteiger partial charge in [0.15, 0.2) is 5.82 Å². The number of benzene rings is 1. The molecule has 3 rings (SSSR count). The van der Waals surface area contributed by atoms with Crippen LogP contribution < -0.4 is 5.32 Å². The molecule has 0 bridgehead atoms. The van der Waals surface area contributed by atoms with Gasteiger partial charge in [-0.15, -0.1) is 15.0 Å². The smallest absolute Gasteiger partial charge is 0.175 e. The molecule has 6 heteroatoms. The highest BCUT2D eigenvalue weighted by molar-refractivity contribution is 9.10. The molecule has 94 valence electrons. The Morgan fingerprint density at radius 3 is 2.89 bits per heavy atom. The molecule has 0 spiro atoms. The van der Waals surface area contributed by atoms with Crippen LogP contribution in [-0.2, 0) is 6.42 Å². The Morgan fingerprint density at radius 2 is 2.17 bits per heavy atom. The Kier molecular flexibility index (Phi) is 3.38. The fraction of sp³-hybridized carbons (Fsp3) is 0.417. The lowest BCUT2D eigenvalue weighted by Gasteiger charge is -2.02. The lowest BCUT2D eigenvalue weighted by atomic mass is 10.1. The van der Waals surface area contributed by atoms with Gasteiger partial charge >= 0.3 is 0 Å². The minimum atomic E-state index is 0.646. The van der Waals surface area contributed by atoms with Gasteiger partial charge in [-0.1, -0.05) is 15.9 Å². The van der Waals surface area contributed by atoms with Crippen molar-refractivity contribution < 1.29 is 0 Å². The number of tetrazole rings is 1. The Bertz CT molecular complexity index is 516. The van der Waals surface area contributed by atoms with E-state index in [1.807, 2.05) is 24.3 Å². The van der Waals surface area contributed by atoms with Crippen LogP contribution in [0.25, 0.3) is 5.69 Å². The molecule has 0 amide bonds. The number of hydrogen-bond donors (Lipinski definition) is 1. The molecule has 1 unspecified atom stereocenters. The maximum Gasteiger partial charge on any atom is 0.175 e. The minimum Gasteiger partial charge on any atom is -0.316 e. The molecule has 0 radical (unpaired) electrons. The zero-order valence-corrected chi connectivity index (χ0v) is 11.5. The Morgan fingerprint density at radius 1 is 1.33 bits per heavy atom. The van der Waals surface area contributed by atoms with E-state index in [0.717, 1.165) is 35.5 Å². The molecular formula is C12H14BrN5. The van der Waals surface area contributed by atoms with E-state index in [-0.39, 0.29) is 0 Å². The molecule has 1 atom stereocenters. The van der Waals surface area contributed by atoms with Gasteiger partial charge in [0.2, 0.25) is 0 Å². The molecule has 2 heterocycles. The molecule has 5 nitrogen and oxygen atoms in total. The third-order valence-electron chi connectivity index (χ3n) is 3.15.